The van der Waals surface area contributed by atoms with Gasteiger partial charge in [-0.2, -0.15) is 0 Å². The van der Waals surface area contributed by atoms with Crippen LogP contribution < -0.4 is 5.32 Å². The Morgan fingerprint density at radius 1 is 1.41 bits per heavy atom. The summed E-state index contributed by atoms with van der Waals surface area (Å²) in [6.45, 7) is 1.71. The number of carbonyl (C=O) groups is 1. The molecule has 1 atom stereocenters. The number of nitrogens with zero attached hydrogens (tertiary/aromatic N) is 2. The average molecular weight is 315 g/mol. The number of aromatic nitrogens is 1. The van der Waals surface area contributed by atoms with E-state index in [0.717, 1.165) is 35.9 Å². The Morgan fingerprint density at radius 2 is 2.23 bits per heavy atom. The lowest BCUT2D eigenvalue weighted by molar-refractivity contribution is 0.0678. The zero-order chi connectivity index (χ0) is 15.4. The third-order valence-corrected chi connectivity index (χ3v) is 5.11. The normalized spacial score (nSPS) is 18.2. The average Bonchev–Trinajstić information content (AvgIpc) is 3.04. The van der Waals surface area contributed by atoms with Crippen LogP contribution in [0.15, 0.2) is 36.5 Å². The monoisotopic (exact) mass is 315 g/mol. The molecule has 5 heteroatoms. The van der Waals surface area contributed by atoms with Gasteiger partial charge in [-0.1, -0.05) is 41.7 Å². The Bertz CT molecular complexity index is 626. The molecule has 1 aliphatic heterocycles. The van der Waals surface area contributed by atoms with Gasteiger partial charge in [0.05, 0.1) is 6.20 Å². The highest BCUT2D eigenvalue weighted by Crippen LogP contribution is 2.25. The van der Waals surface area contributed by atoms with E-state index in [1.807, 2.05) is 18.0 Å². The number of nitrogens with one attached hydrogen (secondary N) is 1. The smallest absolute Gasteiger partial charge is 0.265 e. The number of hydrogen-bond donors (Lipinski definition) is 1. The summed E-state index contributed by atoms with van der Waals surface area (Å²) in [4.78, 5) is 19.5. The first-order valence-electron chi connectivity index (χ1n) is 7.73. The summed E-state index contributed by atoms with van der Waals surface area (Å²) >= 11 is 1.43. The molecule has 1 saturated heterocycles. The van der Waals surface area contributed by atoms with Crippen LogP contribution in [0.3, 0.4) is 0 Å². The molecule has 0 spiro atoms. The molecule has 0 bridgehead atoms. The minimum atomic E-state index is 0.122. The number of hydrogen-bond acceptors (Lipinski definition) is 4. The van der Waals surface area contributed by atoms with Gasteiger partial charge in [0.2, 0.25) is 0 Å². The van der Waals surface area contributed by atoms with Crippen LogP contribution in [0.2, 0.25) is 0 Å². The van der Waals surface area contributed by atoms with Gasteiger partial charge in [0.15, 0.2) is 5.13 Å². The molecule has 2 aromatic rings. The highest BCUT2D eigenvalue weighted by molar-refractivity contribution is 7.17. The predicted molar refractivity (Wildman–Crippen MR) is 90.4 cm³/mol. The van der Waals surface area contributed by atoms with Crippen molar-refractivity contribution in [1.29, 1.82) is 0 Å². The number of carbonyl (C=O) groups excluding carboxylic acids is 1. The number of likely N-dealkylation sites (tertiary alicyclic amines) is 1. The first-order chi connectivity index (χ1) is 10.8. The van der Waals surface area contributed by atoms with E-state index >= 15 is 0 Å². The van der Waals surface area contributed by atoms with E-state index in [2.05, 4.69) is 34.6 Å². The molecule has 2 heterocycles. The quantitative estimate of drug-likeness (QED) is 0.942. The lowest BCUT2D eigenvalue weighted by Gasteiger charge is -2.32. The molecule has 1 aliphatic rings. The van der Waals surface area contributed by atoms with E-state index < -0.39 is 0 Å². The summed E-state index contributed by atoms with van der Waals surface area (Å²) in [5, 5.41) is 3.78. The van der Waals surface area contributed by atoms with Gasteiger partial charge in [0, 0.05) is 20.1 Å². The van der Waals surface area contributed by atoms with E-state index in [0.29, 0.717) is 5.92 Å². The number of amides is 1. The lowest BCUT2D eigenvalue weighted by Crippen LogP contribution is -2.40. The molecule has 1 amide bonds. The first kappa shape index (κ1) is 15.0. The Morgan fingerprint density at radius 3 is 2.95 bits per heavy atom. The second-order valence-corrected chi connectivity index (χ2v) is 6.76. The molecule has 0 radical (unpaired) electrons. The van der Waals surface area contributed by atoms with E-state index in [1.54, 1.807) is 6.20 Å². The second kappa shape index (κ2) is 6.92. The molecule has 1 N–H and O–H groups in total. The van der Waals surface area contributed by atoms with Crippen LogP contribution in [0.4, 0.5) is 5.13 Å². The largest absolute Gasteiger partial charge is 0.365 e. The Kier molecular flexibility index (Phi) is 4.73. The van der Waals surface area contributed by atoms with Crippen molar-refractivity contribution in [2.75, 3.05) is 25.5 Å². The van der Waals surface area contributed by atoms with Gasteiger partial charge < -0.3 is 10.2 Å². The van der Waals surface area contributed by atoms with Crippen LogP contribution in [0.25, 0.3) is 0 Å². The van der Waals surface area contributed by atoms with E-state index in [-0.39, 0.29) is 5.91 Å². The van der Waals surface area contributed by atoms with Crippen LogP contribution in [0.5, 0.6) is 0 Å². The van der Waals surface area contributed by atoms with Crippen LogP contribution in [0.1, 0.15) is 28.1 Å². The van der Waals surface area contributed by atoms with Crippen molar-refractivity contribution in [2.45, 2.75) is 19.3 Å². The summed E-state index contributed by atoms with van der Waals surface area (Å²) in [5.74, 6) is 0.675. The van der Waals surface area contributed by atoms with E-state index in [1.165, 1.54) is 23.3 Å². The fourth-order valence-electron chi connectivity index (χ4n) is 3.01. The van der Waals surface area contributed by atoms with E-state index in [9.17, 15) is 4.79 Å². The van der Waals surface area contributed by atoms with Crippen molar-refractivity contribution in [3.63, 3.8) is 0 Å². The molecular weight excluding hydrogens is 294 g/mol. The van der Waals surface area contributed by atoms with E-state index in [4.69, 9.17) is 0 Å². The molecule has 4 nitrogen and oxygen atoms in total. The van der Waals surface area contributed by atoms with Crippen molar-refractivity contribution in [1.82, 2.24) is 9.88 Å². The summed E-state index contributed by atoms with van der Waals surface area (Å²) in [5.41, 5.74) is 1.36. The topological polar surface area (TPSA) is 45.2 Å². The predicted octanol–water partition coefficient (Wildman–Crippen LogP) is 3.28. The van der Waals surface area contributed by atoms with Crippen molar-refractivity contribution in [3.05, 3.63) is 47.0 Å². The zero-order valence-electron chi connectivity index (χ0n) is 12.8. The molecule has 0 saturated carbocycles. The highest BCUT2D eigenvalue weighted by atomic mass is 32.1. The third-order valence-electron chi connectivity index (χ3n) is 4.10. The lowest BCUT2D eigenvalue weighted by atomic mass is 9.91. The minimum absolute atomic E-state index is 0.122. The molecule has 3 rings (SSSR count). The minimum Gasteiger partial charge on any atom is -0.365 e. The van der Waals surface area contributed by atoms with Gasteiger partial charge in [-0.15, -0.1) is 0 Å². The first-order valence-corrected chi connectivity index (χ1v) is 8.54. The van der Waals surface area contributed by atoms with Gasteiger partial charge in [-0.3, -0.25) is 4.79 Å². The number of rotatable bonds is 4. The molecule has 0 aliphatic carbocycles. The summed E-state index contributed by atoms with van der Waals surface area (Å²) in [6, 6.07) is 10.5. The highest BCUT2D eigenvalue weighted by Gasteiger charge is 2.25. The van der Waals surface area contributed by atoms with Crippen LogP contribution in [0, 0.1) is 5.92 Å². The second-order valence-electron chi connectivity index (χ2n) is 5.73. The summed E-state index contributed by atoms with van der Waals surface area (Å²) < 4.78 is 0. The Labute approximate surface area is 135 Å². The van der Waals surface area contributed by atoms with Crippen molar-refractivity contribution in [2.24, 2.45) is 5.92 Å². The Balaban J connectivity index is 1.63. The molecule has 22 heavy (non-hydrogen) atoms. The van der Waals surface area contributed by atoms with Crippen molar-refractivity contribution >= 4 is 22.4 Å². The summed E-state index contributed by atoms with van der Waals surface area (Å²) in [6.07, 6.45) is 5.01. The molecule has 116 valence electrons. The van der Waals surface area contributed by atoms with Crippen molar-refractivity contribution in [3.8, 4) is 0 Å². The maximum absolute atomic E-state index is 12.6. The number of thiazole rings is 1. The number of piperidine rings is 1. The standard InChI is InChI=1S/C17H21N3OS/c1-18-17-19-11-15(22-17)16(21)20-9-5-8-14(12-20)10-13-6-3-2-4-7-13/h2-4,6-7,11,14H,5,8-10,12H2,1H3,(H,18,19). The maximum atomic E-state index is 12.6. The van der Waals surface area contributed by atoms with Gasteiger partial charge in [0.1, 0.15) is 4.88 Å². The fraction of sp³-hybridized carbons (Fsp3) is 0.412. The van der Waals surface area contributed by atoms with Crippen molar-refractivity contribution < 1.29 is 4.79 Å². The van der Waals surface area contributed by atoms with Gasteiger partial charge in [0.25, 0.3) is 5.91 Å². The maximum Gasteiger partial charge on any atom is 0.265 e. The van der Waals surface area contributed by atoms with Crippen LogP contribution >= 0.6 is 11.3 Å². The molecule has 1 fully saturated rings. The summed E-state index contributed by atoms with van der Waals surface area (Å²) in [7, 11) is 1.82. The Hall–Kier alpha value is -1.88. The fourth-order valence-corrected chi connectivity index (χ4v) is 3.75. The molecule has 1 aromatic heterocycles. The zero-order valence-corrected chi connectivity index (χ0v) is 13.6. The van der Waals surface area contributed by atoms with Gasteiger partial charge in [-0.05, 0) is 30.7 Å². The van der Waals surface area contributed by atoms with Crippen LogP contribution in [-0.2, 0) is 6.42 Å². The number of benzene rings is 1. The SMILES string of the molecule is CNc1ncc(C(=O)N2CCCC(Cc3ccccc3)C2)s1. The third kappa shape index (κ3) is 3.47. The van der Waals surface area contributed by atoms with Gasteiger partial charge >= 0.3 is 0 Å². The van der Waals surface area contributed by atoms with Crippen LogP contribution in [-0.4, -0.2) is 35.9 Å². The molecule has 1 aromatic carbocycles. The molecular formula is C17H21N3OS. The number of anilines is 1. The van der Waals surface area contributed by atoms with Gasteiger partial charge in [-0.25, -0.2) is 4.98 Å². The molecule has 1 unspecified atom stereocenters.